The molecule has 0 fully saturated rings. The van der Waals surface area contributed by atoms with Gasteiger partial charge in [0.2, 0.25) is 5.78 Å². The van der Waals surface area contributed by atoms with Gasteiger partial charge in [-0.15, -0.1) is 0 Å². The maximum absolute atomic E-state index is 13.0. The Morgan fingerprint density at radius 3 is 2.84 bits per heavy atom. The van der Waals surface area contributed by atoms with Gasteiger partial charge < -0.3 is 4.98 Å². The number of nitrogens with zero attached hydrogens (tertiary/aromatic N) is 6. The van der Waals surface area contributed by atoms with Crippen molar-refractivity contribution in [1.82, 2.24) is 33.7 Å². The molecule has 5 aromatic rings. The number of benzene rings is 1. The van der Waals surface area contributed by atoms with Crippen LogP contribution in [0, 0.1) is 0 Å². The number of fused-ring (bicyclic) bond motifs is 3. The monoisotopic (exact) mass is 441 g/mol. The van der Waals surface area contributed by atoms with E-state index in [0.29, 0.717) is 40.4 Å². The van der Waals surface area contributed by atoms with Crippen LogP contribution in [-0.2, 0) is 19.3 Å². The second-order valence-electron chi connectivity index (χ2n) is 7.46. The molecule has 0 aliphatic carbocycles. The molecule has 1 N–H and O–H groups in total. The maximum Gasteiger partial charge on any atom is 0.416 e. The van der Waals surface area contributed by atoms with Crippen LogP contribution in [0.25, 0.3) is 28.3 Å². The highest BCUT2D eigenvalue weighted by Gasteiger charge is 2.30. The zero-order valence-electron chi connectivity index (χ0n) is 17.0. The first kappa shape index (κ1) is 20.0. The molecule has 0 unspecified atom stereocenters. The van der Waals surface area contributed by atoms with Gasteiger partial charge in [-0.05, 0) is 24.1 Å². The summed E-state index contributed by atoms with van der Waals surface area (Å²) in [6.45, 7) is 2.67. The summed E-state index contributed by atoms with van der Waals surface area (Å²) in [4.78, 5) is 24.9. The third-order valence-corrected chi connectivity index (χ3v) is 5.19. The molecule has 0 bridgehead atoms. The lowest BCUT2D eigenvalue weighted by Gasteiger charge is -2.08. The van der Waals surface area contributed by atoms with Crippen molar-refractivity contribution < 1.29 is 13.2 Å². The Labute approximate surface area is 179 Å². The SMILES string of the molecule is CCCn1c(=O)c2[nH]c(-c3cnn(Cc4cccc(C(F)(F)F)c4)c3)nc2n2ccnc12. The van der Waals surface area contributed by atoms with Gasteiger partial charge in [0.25, 0.3) is 5.56 Å². The van der Waals surface area contributed by atoms with E-state index in [1.54, 1.807) is 39.8 Å². The van der Waals surface area contributed by atoms with Gasteiger partial charge in [-0.1, -0.05) is 19.1 Å². The molecule has 0 aliphatic heterocycles. The van der Waals surface area contributed by atoms with Crippen LogP contribution in [-0.4, -0.2) is 33.7 Å². The summed E-state index contributed by atoms with van der Waals surface area (Å²) in [6, 6.07) is 5.13. The van der Waals surface area contributed by atoms with Crippen molar-refractivity contribution in [2.24, 2.45) is 0 Å². The van der Waals surface area contributed by atoms with Gasteiger partial charge in [-0.2, -0.15) is 18.3 Å². The van der Waals surface area contributed by atoms with E-state index in [1.165, 1.54) is 10.7 Å². The summed E-state index contributed by atoms with van der Waals surface area (Å²) in [5.74, 6) is 0.958. The molecule has 4 heterocycles. The largest absolute Gasteiger partial charge is 0.416 e. The zero-order chi connectivity index (χ0) is 22.5. The molecule has 1 aromatic carbocycles. The van der Waals surface area contributed by atoms with Crippen LogP contribution >= 0.6 is 0 Å². The molecule has 0 amide bonds. The van der Waals surface area contributed by atoms with Crippen LogP contribution in [0.5, 0.6) is 0 Å². The lowest BCUT2D eigenvalue weighted by molar-refractivity contribution is -0.137. The Balaban J connectivity index is 1.51. The van der Waals surface area contributed by atoms with Crippen LogP contribution in [0.2, 0.25) is 0 Å². The average Bonchev–Trinajstić information content (AvgIpc) is 3.49. The van der Waals surface area contributed by atoms with Crippen LogP contribution < -0.4 is 5.56 Å². The number of hydrogen-bond donors (Lipinski definition) is 1. The van der Waals surface area contributed by atoms with Gasteiger partial charge in [0, 0.05) is 25.1 Å². The van der Waals surface area contributed by atoms with Gasteiger partial charge in [-0.25, -0.2) is 9.97 Å². The summed E-state index contributed by atoms with van der Waals surface area (Å²) >= 11 is 0. The average molecular weight is 441 g/mol. The predicted molar refractivity (Wildman–Crippen MR) is 111 cm³/mol. The Morgan fingerprint density at radius 2 is 2.06 bits per heavy atom. The molecule has 5 rings (SSSR count). The normalized spacial score (nSPS) is 12.2. The van der Waals surface area contributed by atoms with Crippen molar-refractivity contribution >= 4 is 16.9 Å². The van der Waals surface area contributed by atoms with E-state index in [1.807, 2.05) is 6.92 Å². The molecule has 0 spiro atoms. The predicted octanol–water partition coefficient (Wildman–Crippen LogP) is 3.71. The van der Waals surface area contributed by atoms with E-state index in [9.17, 15) is 18.0 Å². The van der Waals surface area contributed by atoms with Crippen LogP contribution in [0.1, 0.15) is 24.5 Å². The van der Waals surface area contributed by atoms with Crippen molar-refractivity contribution in [3.05, 3.63) is 70.5 Å². The highest BCUT2D eigenvalue weighted by molar-refractivity contribution is 5.77. The second-order valence-corrected chi connectivity index (χ2v) is 7.46. The molecule has 164 valence electrons. The Hall–Kier alpha value is -3.89. The smallest absolute Gasteiger partial charge is 0.332 e. The summed E-state index contributed by atoms with van der Waals surface area (Å²) in [7, 11) is 0. The van der Waals surface area contributed by atoms with Crippen molar-refractivity contribution in [2.45, 2.75) is 32.6 Å². The lowest BCUT2D eigenvalue weighted by Crippen LogP contribution is -2.23. The minimum atomic E-state index is -4.40. The molecule has 0 radical (unpaired) electrons. The fraction of sp³-hybridized carbons (Fsp3) is 0.238. The maximum atomic E-state index is 13.0. The summed E-state index contributed by atoms with van der Waals surface area (Å²) < 4.78 is 43.8. The van der Waals surface area contributed by atoms with Gasteiger partial charge >= 0.3 is 6.18 Å². The number of hydrogen-bond acceptors (Lipinski definition) is 4. The quantitative estimate of drug-likeness (QED) is 0.451. The number of alkyl halides is 3. The second kappa shape index (κ2) is 7.36. The Kier molecular flexibility index (Phi) is 4.61. The van der Waals surface area contributed by atoms with Gasteiger partial charge in [-0.3, -0.25) is 18.4 Å². The molecule has 11 heteroatoms. The highest BCUT2D eigenvalue weighted by atomic mass is 19.4. The molecular formula is C21H18F3N7O. The number of aryl methyl sites for hydroxylation is 1. The summed E-state index contributed by atoms with van der Waals surface area (Å²) in [5.41, 5.74) is 0.979. The molecule has 32 heavy (non-hydrogen) atoms. The fourth-order valence-corrected chi connectivity index (χ4v) is 3.74. The molecule has 4 aromatic heterocycles. The molecule has 0 saturated carbocycles. The number of H-pyrrole nitrogens is 1. The summed E-state index contributed by atoms with van der Waals surface area (Å²) in [5, 5.41) is 4.24. The first-order valence-corrected chi connectivity index (χ1v) is 9.99. The van der Waals surface area contributed by atoms with Crippen LogP contribution in [0.4, 0.5) is 13.2 Å². The molecular weight excluding hydrogens is 423 g/mol. The van der Waals surface area contributed by atoms with Crippen LogP contribution in [0.3, 0.4) is 0 Å². The standard InChI is InChI=1S/C21H18F3N7O/c1-2-7-31-19(32)16-18(30-8-6-25-20(30)31)28-17(27-16)14-10-26-29(12-14)11-13-4-3-5-15(9-13)21(22,23)24/h3-6,8-10,12H,2,7,11H2,1H3,(H,27,28). The first-order valence-electron chi connectivity index (χ1n) is 9.99. The fourth-order valence-electron chi connectivity index (χ4n) is 3.74. The number of aromatic nitrogens is 7. The number of aromatic amines is 1. The number of halogens is 3. The van der Waals surface area contributed by atoms with E-state index in [0.717, 1.165) is 18.6 Å². The number of imidazole rings is 2. The van der Waals surface area contributed by atoms with E-state index < -0.39 is 11.7 Å². The van der Waals surface area contributed by atoms with Crippen molar-refractivity contribution in [3.63, 3.8) is 0 Å². The van der Waals surface area contributed by atoms with E-state index in [2.05, 4.69) is 20.1 Å². The summed E-state index contributed by atoms with van der Waals surface area (Å²) in [6.07, 6.45) is 2.96. The van der Waals surface area contributed by atoms with E-state index in [-0.39, 0.29) is 12.1 Å². The Bertz CT molecular complexity index is 1490. The van der Waals surface area contributed by atoms with E-state index >= 15 is 0 Å². The first-order chi connectivity index (χ1) is 15.3. The minimum absolute atomic E-state index is 0.166. The van der Waals surface area contributed by atoms with Crippen molar-refractivity contribution in [1.29, 1.82) is 0 Å². The third-order valence-electron chi connectivity index (χ3n) is 5.19. The topological polar surface area (TPSA) is 85.8 Å². The number of rotatable bonds is 5. The molecule has 8 nitrogen and oxygen atoms in total. The van der Waals surface area contributed by atoms with Crippen LogP contribution in [0.15, 0.2) is 53.8 Å². The zero-order valence-corrected chi connectivity index (χ0v) is 17.0. The minimum Gasteiger partial charge on any atom is -0.332 e. The van der Waals surface area contributed by atoms with Crippen molar-refractivity contribution in [2.75, 3.05) is 0 Å². The molecule has 0 aliphatic rings. The highest BCUT2D eigenvalue weighted by Crippen LogP contribution is 2.29. The molecule has 0 saturated heterocycles. The Morgan fingerprint density at radius 1 is 1.22 bits per heavy atom. The lowest BCUT2D eigenvalue weighted by atomic mass is 10.1. The van der Waals surface area contributed by atoms with Gasteiger partial charge in [0.1, 0.15) is 5.82 Å². The van der Waals surface area contributed by atoms with Crippen molar-refractivity contribution in [3.8, 4) is 11.4 Å². The molecule has 0 atom stereocenters. The van der Waals surface area contributed by atoms with E-state index in [4.69, 9.17) is 0 Å². The third kappa shape index (κ3) is 3.35. The van der Waals surface area contributed by atoms with Gasteiger partial charge in [0.05, 0.1) is 23.9 Å². The van der Waals surface area contributed by atoms with Gasteiger partial charge in [0.15, 0.2) is 11.2 Å². The number of nitrogens with one attached hydrogen (secondary N) is 1.